The number of aryl methyl sites for hydroxylation is 1. The number of rotatable bonds is 17. The van der Waals surface area contributed by atoms with E-state index in [1.165, 1.54) is 102 Å². The van der Waals surface area contributed by atoms with Crippen molar-refractivity contribution in [3.8, 4) is 11.5 Å². The van der Waals surface area contributed by atoms with Crippen LogP contribution >= 0.6 is 0 Å². The number of ether oxygens (including phenoxy) is 1. The summed E-state index contributed by atoms with van der Waals surface area (Å²) in [5, 5.41) is 9.76. The molecule has 1 N–H and O–H groups in total. The molecule has 2 aromatic rings. The van der Waals surface area contributed by atoms with Gasteiger partial charge in [0.1, 0.15) is 17.1 Å². The average molecular weight is 439 g/mol. The van der Waals surface area contributed by atoms with Crippen molar-refractivity contribution in [2.75, 3.05) is 0 Å². The Bertz CT molecular complexity index is 751. The minimum atomic E-state index is -0.539. The Kier molecular flexibility index (Phi) is 13.3. The zero-order valence-corrected chi connectivity index (χ0v) is 20.0. The van der Waals surface area contributed by atoms with Crippen molar-refractivity contribution in [1.29, 1.82) is 0 Å². The Balaban J connectivity index is 1.48. The Hall–Kier alpha value is -2.29. The summed E-state index contributed by atoms with van der Waals surface area (Å²) < 4.78 is 5.36. The number of hydrogen-bond donors (Lipinski definition) is 1. The highest BCUT2D eigenvalue weighted by Crippen LogP contribution is 2.20. The zero-order chi connectivity index (χ0) is 22.9. The fourth-order valence-electron chi connectivity index (χ4n) is 4.06. The molecular weight excluding hydrogens is 396 g/mol. The first kappa shape index (κ1) is 26.0. The van der Waals surface area contributed by atoms with Crippen molar-refractivity contribution >= 4 is 5.97 Å². The van der Waals surface area contributed by atoms with Gasteiger partial charge in [-0.2, -0.15) is 0 Å². The van der Waals surface area contributed by atoms with E-state index in [0.717, 1.165) is 6.42 Å². The first-order valence-electron chi connectivity index (χ1n) is 12.8. The molecule has 0 amide bonds. The van der Waals surface area contributed by atoms with Gasteiger partial charge in [-0.15, -0.1) is 0 Å². The van der Waals surface area contributed by atoms with Crippen LogP contribution in [0.2, 0.25) is 0 Å². The molecule has 32 heavy (non-hydrogen) atoms. The second-order valence-electron chi connectivity index (χ2n) is 8.90. The fraction of sp³-hybridized carbons (Fsp3) is 0.552. The lowest BCUT2D eigenvalue weighted by Gasteiger charge is -2.07. The van der Waals surface area contributed by atoms with Gasteiger partial charge >= 0.3 is 5.97 Å². The Labute approximate surface area is 195 Å². The Morgan fingerprint density at radius 2 is 1.19 bits per heavy atom. The monoisotopic (exact) mass is 438 g/mol. The van der Waals surface area contributed by atoms with Gasteiger partial charge in [-0.25, -0.2) is 4.79 Å². The average Bonchev–Trinajstić information content (AvgIpc) is 2.80. The summed E-state index contributed by atoms with van der Waals surface area (Å²) in [7, 11) is 0. The van der Waals surface area contributed by atoms with Crippen molar-refractivity contribution < 1.29 is 14.6 Å². The van der Waals surface area contributed by atoms with Gasteiger partial charge in [-0.3, -0.25) is 0 Å². The van der Waals surface area contributed by atoms with Gasteiger partial charge < -0.3 is 9.84 Å². The number of carbonyl (C=O) groups excluding carboxylic acids is 1. The molecule has 0 fully saturated rings. The zero-order valence-electron chi connectivity index (χ0n) is 20.0. The van der Waals surface area contributed by atoms with E-state index in [2.05, 4.69) is 6.92 Å². The van der Waals surface area contributed by atoms with E-state index < -0.39 is 5.97 Å². The second-order valence-corrected chi connectivity index (χ2v) is 8.90. The van der Waals surface area contributed by atoms with Gasteiger partial charge in [0.2, 0.25) is 0 Å². The molecule has 0 saturated carbocycles. The molecule has 2 aromatic carbocycles. The van der Waals surface area contributed by atoms with Gasteiger partial charge in [0.05, 0.1) is 0 Å². The minimum Gasteiger partial charge on any atom is -0.507 e. The maximum absolute atomic E-state index is 12.2. The Morgan fingerprint density at radius 1 is 0.688 bits per heavy atom. The molecule has 0 heterocycles. The third kappa shape index (κ3) is 10.8. The third-order valence-electron chi connectivity index (χ3n) is 6.08. The van der Waals surface area contributed by atoms with E-state index in [4.69, 9.17) is 4.74 Å². The number of phenols is 1. The SMILES string of the molecule is CCCCCCCCCCCCCCCCc1ccc(OC(=O)c2ccccc2O)cc1. The van der Waals surface area contributed by atoms with E-state index in [-0.39, 0.29) is 11.3 Å². The highest BCUT2D eigenvalue weighted by molar-refractivity contribution is 5.93. The van der Waals surface area contributed by atoms with Crippen LogP contribution < -0.4 is 4.74 Å². The lowest BCUT2D eigenvalue weighted by molar-refractivity contribution is 0.0731. The summed E-state index contributed by atoms with van der Waals surface area (Å²) in [6.07, 6.45) is 20.3. The molecule has 0 aliphatic carbocycles. The first-order chi connectivity index (χ1) is 15.7. The smallest absolute Gasteiger partial charge is 0.347 e. The van der Waals surface area contributed by atoms with E-state index in [9.17, 15) is 9.90 Å². The number of unbranched alkanes of at least 4 members (excludes halogenated alkanes) is 13. The number of aromatic hydroxyl groups is 1. The van der Waals surface area contributed by atoms with E-state index in [1.807, 2.05) is 24.3 Å². The van der Waals surface area contributed by atoms with Gasteiger partial charge in [0, 0.05) is 0 Å². The predicted octanol–water partition coefficient (Wildman–Crippen LogP) is 8.64. The summed E-state index contributed by atoms with van der Waals surface area (Å²) in [4.78, 5) is 12.2. The number of esters is 1. The molecule has 176 valence electrons. The van der Waals surface area contributed by atoms with Crippen molar-refractivity contribution in [1.82, 2.24) is 0 Å². The summed E-state index contributed by atoms with van der Waals surface area (Å²) >= 11 is 0. The largest absolute Gasteiger partial charge is 0.507 e. The van der Waals surface area contributed by atoms with Crippen molar-refractivity contribution in [2.45, 2.75) is 103 Å². The van der Waals surface area contributed by atoms with E-state index in [0.29, 0.717) is 5.75 Å². The molecule has 0 radical (unpaired) electrons. The van der Waals surface area contributed by atoms with Crippen LogP contribution in [-0.2, 0) is 6.42 Å². The van der Waals surface area contributed by atoms with Crippen LogP contribution in [-0.4, -0.2) is 11.1 Å². The van der Waals surface area contributed by atoms with Gasteiger partial charge in [-0.1, -0.05) is 115 Å². The van der Waals surface area contributed by atoms with Crippen LogP contribution in [0.3, 0.4) is 0 Å². The van der Waals surface area contributed by atoms with Crippen LogP contribution in [0.25, 0.3) is 0 Å². The molecule has 3 heteroatoms. The summed E-state index contributed by atoms with van der Waals surface area (Å²) in [6.45, 7) is 2.28. The predicted molar refractivity (Wildman–Crippen MR) is 134 cm³/mol. The molecule has 0 bridgehead atoms. The van der Waals surface area contributed by atoms with Gasteiger partial charge in [0.25, 0.3) is 0 Å². The fourth-order valence-corrected chi connectivity index (χ4v) is 4.06. The van der Waals surface area contributed by atoms with Crippen molar-refractivity contribution in [3.63, 3.8) is 0 Å². The first-order valence-corrected chi connectivity index (χ1v) is 12.8. The molecule has 0 aromatic heterocycles. The molecular formula is C29H42O3. The maximum Gasteiger partial charge on any atom is 0.347 e. The Morgan fingerprint density at radius 3 is 1.72 bits per heavy atom. The molecule has 0 aliphatic rings. The second kappa shape index (κ2) is 16.4. The molecule has 0 atom stereocenters. The minimum absolute atomic E-state index is 0.0630. The van der Waals surface area contributed by atoms with Crippen LogP contribution in [0, 0.1) is 0 Å². The molecule has 0 saturated heterocycles. The van der Waals surface area contributed by atoms with Gasteiger partial charge in [0.15, 0.2) is 0 Å². The summed E-state index contributed by atoms with van der Waals surface area (Å²) in [5.74, 6) is -0.0993. The lowest BCUT2D eigenvalue weighted by Crippen LogP contribution is -2.08. The maximum atomic E-state index is 12.2. The van der Waals surface area contributed by atoms with Crippen LogP contribution in [0.5, 0.6) is 11.5 Å². The van der Waals surface area contributed by atoms with Crippen LogP contribution in [0.15, 0.2) is 48.5 Å². The number of hydrogen-bond acceptors (Lipinski definition) is 3. The lowest BCUT2D eigenvalue weighted by atomic mass is 10.0. The van der Waals surface area contributed by atoms with E-state index >= 15 is 0 Å². The topological polar surface area (TPSA) is 46.5 Å². The molecule has 0 spiro atoms. The highest BCUT2D eigenvalue weighted by Gasteiger charge is 2.12. The van der Waals surface area contributed by atoms with Gasteiger partial charge in [-0.05, 0) is 42.7 Å². The molecule has 3 nitrogen and oxygen atoms in total. The van der Waals surface area contributed by atoms with E-state index in [1.54, 1.807) is 18.2 Å². The summed E-state index contributed by atoms with van der Waals surface area (Å²) in [6, 6.07) is 14.1. The highest BCUT2D eigenvalue weighted by atomic mass is 16.5. The molecule has 0 unspecified atom stereocenters. The van der Waals surface area contributed by atoms with Crippen LogP contribution in [0.1, 0.15) is 113 Å². The quantitative estimate of drug-likeness (QED) is 0.153. The number of carbonyl (C=O) groups is 1. The standard InChI is InChI=1S/C29H42O3/c1-2-3-4-5-6-7-8-9-10-11-12-13-14-15-18-25-21-23-26(24-22-25)32-29(31)27-19-16-17-20-28(27)30/h16-17,19-24,30H,2-15,18H2,1H3. The third-order valence-corrected chi connectivity index (χ3v) is 6.08. The van der Waals surface area contributed by atoms with Crippen molar-refractivity contribution in [3.05, 3.63) is 59.7 Å². The van der Waals surface area contributed by atoms with Crippen molar-refractivity contribution in [2.24, 2.45) is 0 Å². The molecule has 0 aliphatic heterocycles. The molecule has 2 rings (SSSR count). The normalized spacial score (nSPS) is 10.9. The summed E-state index contributed by atoms with van der Waals surface area (Å²) in [5.41, 5.74) is 1.45. The number of phenolic OH excluding ortho intramolecular Hbond substituents is 1. The number of benzene rings is 2. The number of para-hydroxylation sites is 1. The van der Waals surface area contributed by atoms with Crippen LogP contribution in [0.4, 0.5) is 0 Å².